The van der Waals surface area contributed by atoms with Crippen molar-refractivity contribution in [3.05, 3.63) is 53.3 Å². The molecule has 2 aromatic rings. The number of fused-ring (bicyclic) bond motifs is 3. The van der Waals surface area contributed by atoms with Crippen molar-refractivity contribution in [2.75, 3.05) is 13.7 Å². The number of nitrogens with two attached hydrogens (primary N) is 1. The topological polar surface area (TPSA) is 93.5 Å². The number of nitriles is 1. The quantitative estimate of drug-likeness (QED) is 0.852. The molecule has 2 spiro atoms. The van der Waals surface area contributed by atoms with Gasteiger partial charge in [-0.2, -0.15) is 5.26 Å². The Bertz CT molecular complexity index is 1030. The Morgan fingerprint density at radius 2 is 2.03 bits per heavy atom. The lowest BCUT2D eigenvalue weighted by Gasteiger charge is -2.45. The van der Waals surface area contributed by atoms with E-state index in [1.165, 1.54) is 11.1 Å². The highest BCUT2D eigenvalue weighted by atomic mass is 16.5. The van der Waals surface area contributed by atoms with Crippen LogP contribution in [0.5, 0.6) is 0 Å². The van der Waals surface area contributed by atoms with Gasteiger partial charge in [0, 0.05) is 30.5 Å². The second kappa shape index (κ2) is 6.57. The molecule has 5 rings (SSSR count). The molecule has 1 saturated carbocycles. The van der Waals surface area contributed by atoms with Crippen molar-refractivity contribution >= 4 is 6.02 Å². The number of ether oxygens (including phenoxy) is 2. The average Bonchev–Trinajstić information content (AvgIpc) is 3.28. The van der Waals surface area contributed by atoms with E-state index in [9.17, 15) is 5.26 Å². The summed E-state index contributed by atoms with van der Waals surface area (Å²) >= 11 is 0. The van der Waals surface area contributed by atoms with E-state index >= 15 is 0 Å². The molecule has 0 bridgehead atoms. The number of nitrogens with zero attached hydrogens (tertiary/aromatic N) is 3. The molecule has 1 aromatic carbocycles. The molecule has 1 aliphatic heterocycles. The third-order valence-corrected chi connectivity index (χ3v) is 7.12. The van der Waals surface area contributed by atoms with Crippen LogP contribution in [0.3, 0.4) is 0 Å². The van der Waals surface area contributed by atoms with Gasteiger partial charge in [-0.15, -0.1) is 0 Å². The molecular formula is C23H24N4O2. The van der Waals surface area contributed by atoms with E-state index in [1.807, 2.05) is 6.07 Å². The second-order valence-corrected chi connectivity index (χ2v) is 8.44. The van der Waals surface area contributed by atoms with E-state index in [2.05, 4.69) is 29.3 Å². The summed E-state index contributed by atoms with van der Waals surface area (Å²) in [6.45, 7) is 0.490. The predicted molar refractivity (Wildman–Crippen MR) is 109 cm³/mol. The zero-order valence-corrected chi connectivity index (χ0v) is 16.5. The molecule has 29 heavy (non-hydrogen) atoms. The Kier molecular flexibility index (Phi) is 4.11. The van der Waals surface area contributed by atoms with E-state index in [4.69, 9.17) is 20.2 Å². The summed E-state index contributed by atoms with van der Waals surface area (Å²) in [5.74, 6) is 0. The molecule has 1 atom stereocenters. The van der Waals surface area contributed by atoms with Crippen molar-refractivity contribution in [1.82, 2.24) is 4.98 Å². The first kappa shape index (κ1) is 18.1. The summed E-state index contributed by atoms with van der Waals surface area (Å²) < 4.78 is 11.4. The van der Waals surface area contributed by atoms with Gasteiger partial charge in [0.1, 0.15) is 18.2 Å². The smallest absolute Gasteiger partial charge is 0.283 e. The van der Waals surface area contributed by atoms with Crippen LogP contribution >= 0.6 is 0 Å². The molecular weight excluding hydrogens is 364 g/mol. The van der Waals surface area contributed by atoms with Crippen LogP contribution in [0.1, 0.15) is 42.4 Å². The minimum absolute atomic E-state index is 0.0108. The van der Waals surface area contributed by atoms with E-state index < -0.39 is 5.54 Å². The van der Waals surface area contributed by atoms with Gasteiger partial charge in [0.15, 0.2) is 0 Å². The Hall–Kier alpha value is -2.91. The van der Waals surface area contributed by atoms with Crippen molar-refractivity contribution in [1.29, 1.82) is 5.26 Å². The van der Waals surface area contributed by atoms with Crippen LogP contribution in [0.4, 0.5) is 0 Å². The highest BCUT2D eigenvalue weighted by molar-refractivity contribution is 5.76. The van der Waals surface area contributed by atoms with Crippen molar-refractivity contribution in [3.63, 3.8) is 0 Å². The van der Waals surface area contributed by atoms with Gasteiger partial charge < -0.3 is 15.2 Å². The van der Waals surface area contributed by atoms with Gasteiger partial charge >= 0.3 is 0 Å². The fraction of sp³-hybridized carbons (Fsp3) is 0.435. The van der Waals surface area contributed by atoms with Gasteiger partial charge in [0.05, 0.1) is 11.7 Å². The summed E-state index contributed by atoms with van der Waals surface area (Å²) in [4.78, 5) is 9.14. The number of hydrogen-bond donors (Lipinski definition) is 1. The number of methoxy groups -OCH3 is 1. The van der Waals surface area contributed by atoms with Crippen molar-refractivity contribution in [2.45, 2.75) is 43.7 Å². The molecule has 3 aliphatic rings. The number of aromatic nitrogens is 1. The summed E-state index contributed by atoms with van der Waals surface area (Å²) in [7, 11) is 1.80. The van der Waals surface area contributed by atoms with Crippen LogP contribution in [0.25, 0.3) is 11.1 Å². The van der Waals surface area contributed by atoms with Crippen LogP contribution < -0.4 is 5.73 Å². The van der Waals surface area contributed by atoms with Gasteiger partial charge in [0.25, 0.3) is 6.02 Å². The highest BCUT2D eigenvalue weighted by Crippen LogP contribution is 2.61. The van der Waals surface area contributed by atoms with Gasteiger partial charge in [-0.05, 0) is 60.9 Å². The van der Waals surface area contributed by atoms with E-state index in [-0.39, 0.29) is 11.4 Å². The third-order valence-electron chi connectivity index (χ3n) is 7.12. The fourth-order valence-electron chi connectivity index (χ4n) is 5.56. The minimum Gasteiger partial charge on any atom is -0.462 e. The maximum absolute atomic E-state index is 9.22. The number of pyridine rings is 1. The molecule has 6 heteroatoms. The summed E-state index contributed by atoms with van der Waals surface area (Å²) in [5, 5.41) is 9.22. The van der Waals surface area contributed by atoms with E-state index in [1.54, 1.807) is 19.5 Å². The zero-order valence-electron chi connectivity index (χ0n) is 16.5. The molecule has 2 aliphatic carbocycles. The van der Waals surface area contributed by atoms with Crippen molar-refractivity contribution in [3.8, 4) is 17.2 Å². The number of amidine groups is 1. The molecule has 1 aromatic heterocycles. The minimum atomic E-state index is -0.443. The second-order valence-electron chi connectivity index (χ2n) is 8.44. The van der Waals surface area contributed by atoms with Crippen molar-refractivity contribution < 1.29 is 9.47 Å². The van der Waals surface area contributed by atoms with Crippen LogP contribution in [0.15, 0.2) is 41.7 Å². The molecule has 2 heterocycles. The molecule has 6 nitrogen and oxygen atoms in total. The van der Waals surface area contributed by atoms with Crippen LogP contribution in [0.2, 0.25) is 0 Å². The van der Waals surface area contributed by atoms with E-state index in [0.29, 0.717) is 18.3 Å². The average molecular weight is 388 g/mol. The Balaban J connectivity index is 1.61. The van der Waals surface area contributed by atoms with Gasteiger partial charge in [-0.25, -0.2) is 4.99 Å². The number of rotatable bonds is 2. The Morgan fingerprint density at radius 3 is 2.72 bits per heavy atom. The Morgan fingerprint density at radius 1 is 1.21 bits per heavy atom. The maximum atomic E-state index is 9.22. The largest absolute Gasteiger partial charge is 0.462 e. The van der Waals surface area contributed by atoms with Crippen molar-refractivity contribution in [2.24, 2.45) is 16.1 Å². The summed E-state index contributed by atoms with van der Waals surface area (Å²) in [6, 6.07) is 10.8. The SMILES string of the molecule is CO[C@H]1CC[C@]2(CC1)Cc1ccc(-c3cncc(C#N)c3)cc1[C@@]21COC(N)=N1. The van der Waals surface area contributed by atoms with E-state index in [0.717, 1.165) is 43.2 Å². The molecule has 148 valence electrons. The first-order valence-electron chi connectivity index (χ1n) is 10.1. The fourth-order valence-corrected chi connectivity index (χ4v) is 5.56. The van der Waals surface area contributed by atoms with Crippen LogP contribution in [0, 0.1) is 16.7 Å². The molecule has 0 amide bonds. The number of hydrogen-bond acceptors (Lipinski definition) is 6. The predicted octanol–water partition coefficient (Wildman–Crippen LogP) is 3.29. The Labute approximate surface area is 170 Å². The standard InChI is InChI=1S/C23H24N4O2/c1-28-19-4-6-22(7-5-19)10-17-3-2-16(18-8-15(11-24)12-26-13-18)9-20(17)23(22)14-29-21(25)27-23/h2-3,8-9,12-13,19H,4-7,10,14H2,1H3,(H2,25,27)/t19-,22-,23-/m0/s1. The van der Waals surface area contributed by atoms with Crippen LogP contribution in [-0.2, 0) is 21.4 Å². The summed E-state index contributed by atoms with van der Waals surface area (Å²) in [5.41, 5.74) is 10.6. The first-order chi connectivity index (χ1) is 14.1. The number of aliphatic imine (C=N–C) groups is 1. The lowest BCUT2D eigenvalue weighted by atomic mass is 9.62. The normalized spacial score (nSPS) is 30.1. The summed E-state index contributed by atoms with van der Waals surface area (Å²) in [6.07, 6.45) is 8.83. The lowest BCUT2D eigenvalue weighted by molar-refractivity contribution is -0.00983. The number of benzene rings is 1. The van der Waals surface area contributed by atoms with Gasteiger partial charge in [0.2, 0.25) is 0 Å². The third kappa shape index (κ3) is 2.65. The molecule has 2 N–H and O–H groups in total. The van der Waals surface area contributed by atoms with Gasteiger partial charge in [-0.1, -0.05) is 12.1 Å². The first-order valence-corrected chi connectivity index (χ1v) is 10.1. The lowest BCUT2D eigenvalue weighted by Crippen LogP contribution is -2.46. The van der Waals surface area contributed by atoms with Gasteiger partial charge in [-0.3, -0.25) is 4.98 Å². The molecule has 0 saturated heterocycles. The molecule has 1 fully saturated rings. The highest BCUT2D eigenvalue weighted by Gasteiger charge is 2.61. The zero-order chi connectivity index (χ0) is 20.1. The maximum Gasteiger partial charge on any atom is 0.283 e. The monoisotopic (exact) mass is 388 g/mol. The molecule has 0 unspecified atom stereocenters. The van der Waals surface area contributed by atoms with Crippen LogP contribution in [-0.4, -0.2) is 30.8 Å². The molecule has 0 radical (unpaired) electrons.